The largest absolute Gasteiger partial charge is 0.488 e. The predicted molar refractivity (Wildman–Crippen MR) is 98.8 cm³/mol. The number of hydrogen-bond acceptors (Lipinski definition) is 3. The standard InChI is InChI=1S/C21H23NO3/c1-22(2)11-5-8-18-17-7-4-3-6-16(17)14-25-20-10-9-15(12-19(18)20)13-21(23)24/h3-4,6-10,12H,5,11,13-14H2,1-2H3,(H,23,24)/b18-8-/i1D3,2D3,9D,10D,12D,13D2. The van der Waals surface area contributed by atoms with Gasteiger partial charge in [-0.05, 0) is 54.7 Å². The Labute approximate surface area is 163 Å². The van der Waals surface area contributed by atoms with Crippen molar-refractivity contribution in [2.24, 2.45) is 0 Å². The molecule has 1 aliphatic rings. The van der Waals surface area contributed by atoms with Gasteiger partial charge in [-0.1, -0.05) is 36.4 Å². The third-order valence-corrected chi connectivity index (χ3v) is 3.66. The monoisotopic (exact) mass is 348 g/mol. The van der Waals surface area contributed by atoms with Gasteiger partial charge in [-0.2, -0.15) is 0 Å². The van der Waals surface area contributed by atoms with E-state index in [1.807, 2.05) is 0 Å². The average Bonchev–Trinajstić information content (AvgIpc) is 2.90. The van der Waals surface area contributed by atoms with Crippen molar-refractivity contribution in [3.05, 3.63) is 70.7 Å². The number of carbonyl (C=O) groups is 1. The molecule has 0 unspecified atom stereocenters. The van der Waals surface area contributed by atoms with Crippen LogP contribution in [0.25, 0.3) is 5.57 Å². The molecule has 0 bridgehead atoms. The molecule has 0 aliphatic carbocycles. The van der Waals surface area contributed by atoms with E-state index in [0.717, 1.165) is 0 Å². The molecule has 2 aromatic carbocycles. The van der Waals surface area contributed by atoms with Crippen molar-refractivity contribution in [1.29, 1.82) is 0 Å². The highest BCUT2D eigenvalue weighted by Crippen LogP contribution is 2.37. The second kappa shape index (κ2) is 7.53. The lowest BCUT2D eigenvalue weighted by Crippen LogP contribution is -2.12. The van der Waals surface area contributed by atoms with Crippen LogP contribution in [0.15, 0.2) is 48.5 Å². The molecule has 0 fully saturated rings. The zero-order valence-electron chi connectivity index (χ0n) is 24.2. The molecule has 0 radical (unpaired) electrons. The molecule has 0 aromatic heterocycles. The van der Waals surface area contributed by atoms with Gasteiger partial charge >= 0.3 is 5.97 Å². The summed E-state index contributed by atoms with van der Waals surface area (Å²) >= 11 is 0. The number of rotatable bonds is 5. The Morgan fingerprint density at radius 1 is 1.40 bits per heavy atom. The van der Waals surface area contributed by atoms with Crippen molar-refractivity contribution in [2.75, 3.05) is 20.5 Å². The first-order valence-electron chi connectivity index (χ1n) is 13.1. The summed E-state index contributed by atoms with van der Waals surface area (Å²) < 4.78 is 92.2. The van der Waals surface area contributed by atoms with Gasteiger partial charge in [0.15, 0.2) is 0 Å². The van der Waals surface area contributed by atoms with E-state index >= 15 is 0 Å². The fourth-order valence-corrected chi connectivity index (χ4v) is 2.61. The lowest BCUT2D eigenvalue weighted by Gasteiger charge is -2.13. The van der Waals surface area contributed by atoms with Gasteiger partial charge in [0.1, 0.15) is 12.4 Å². The van der Waals surface area contributed by atoms with Gasteiger partial charge in [-0.15, -0.1) is 0 Å². The molecule has 25 heavy (non-hydrogen) atoms. The van der Waals surface area contributed by atoms with E-state index in [2.05, 4.69) is 0 Å². The summed E-state index contributed by atoms with van der Waals surface area (Å²) in [6.45, 7) is -6.31. The van der Waals surface area contributed by atoms with Crippen LogP contribution >= 0.6 is 0 Å². The molecule has 4 nitrogen and oxygen atoms in total. The number of carboxylic acid groups (broad SMARTS) is 1. The Kier molecular flexibility index (Phi) is 2.47. The summed E-state index contributed by atoms with van der Waals surface area (Å²) in [7, 11) is 0. The zero-order chi connectivity index (χ0) is 27.2. The average molecular weight is 348 g/mol. The highest BCUT2D eigenvalue weighted by Gasteiger charge is 2.19. The van der Waals surface area contributed by atoms with Crippen molar-refractivity contribution < 1.29 is 29.7 Å². The molecule has 3 rings (SSSR count). The SMILES string of the molecule is [2H]c1c([2H])c(C([2H])([2H])C(=O)O)c([2H])c2c1OCc1ccccc1/C2=C/CCN(C([2H])([2H])[2H])C([2H])([2H])[2H]. The number of aliphatic carboxylic acids is 1. The van der Waals surface area contributed by atoms with Crippen molar-refractivity contribution in [2.45, 2.75) is 19.4 Å². The van der Waals surface area contributed by atoms with E-state index in [-0.39, 0.29) is 29.9 Å². The van der Waals surface area contributed by atoms with Crippen molar-refractivity contribution in [3.8, 4) is 5.75 Å². The van der Waals surface area contributed by atoms with Crippen molar-refractivity contribution >= 4 is 11.5 Å². The minimum absolute atomic E-state index is 0.0624. The Hall–Kier alpha value is -2.59. The van der Waals surface area contributed by atoms with Gasteiger partial charge in [0.05, 0.1) is 10.5 Å². The number of hydrogen-bond donors (Lipinski definition) is 1. The summed E-state index contributed by atoms with van der Waals surface area (Å²) in [4.78, 5) is 12.0. The van der Waals surface area contributed by atoms with Crippen LogP contribution in [0.5, 0.6) is 5.75 Å². The first-order valence-corrected chi connectivity index (χ1v) is 7.56. The molecule has 0 saturated heterocycles. The van der Waals surface area contributed by atoms with E-state index in [1.165, 1.54) is 6.08 Å². The second-order valence-corrected chi connectivity index (χ2v) is 5.39. The molecular formula is C21H23NO3. The minimum atomic E-state index is -3.16. The minimum Gasteiger partial charge on any atom is -0.488 e. The number of benzene rings is 2. The fourth-order valence-electron chi connectivity index (χ4n) is 2.61. The van der Waals surface area contributed by atoms with E-state index in [1.54, 1.807) is 24.3 Å². The maximum atomic E-state index is 11.6. The predicted octanol–water partition coefficient (Wildman–Crippen LogP) is 3.59. The fraction of sp³-hybridized carbons (Fsp3) is 0.286. The van der Waals surface area contributed by atoms with Crippen LogP contribution in [0.1, 0.15) is 43.8 Å². The Bertz CT molecular complexity index is 1210. The van der Waals surface area contributed by atoms with Gasteiger partial charge in [-0.25, -0.2) is 0 Å². The second-order valence-electron chi connectivity index (χ2n) is 5.39. The summed E-state index contributed by atoms with van der Waals surface area (Å²) in [5, 5.41) is 9.41. The van der Waals surface area contributed by atoms with Crippen LogP contribution in [-0.2, 0) is 17.8 Å². The third kappa shape index (κ3) is 4.09. The molecule has 0 amide bonds. The zero-order valence-corrected chi connectivity index (χ0v) is 13.2. The van der Waals surface area contributed by atoms with Crippen LogP contribution in [0.3, 0.4) is 0 Å². The van der Waals surface area contributed by atoms with Crippen molar-refractivity contribution in [1.82, 2.24) is 4.90 Å². The van der Waals surface area contributed by atoms with E-state index in [9.17, 15) is 9.90 Å². The highest BCUT2D eigenvalue weighted by molar-refractivity contribution is 5.85. The first kappa shape index (κ1) is 8.19. The maximum absolute atomic E-state index is 11.6. The molecule has 1 N–H and O–H groups in total. The van der Waals surface area contributed by atoms with Gasteiger partial charge in [0, 0.05) is 23.1 Å². The molecule has 0 spiro atoms. The van der Waals surface area contributed by atoms with E-state index in [0.29, 0.717) is 16.0 Å². The van der Waals surface area contributed by atoms with Crippen LogP contribution in [0.4, 0.5) is 0 Å². The van der Waals surface area contributed by atoms with Crippen LogP contribution in [0, 0.1) is 0 Å². The van der Waals surface area contributed by atoms with E-state index in [4.69, 9.17) is 19.8 Å². The Balaban J connectivity index is 2.27. The molecule has 0 atom stereocenters. The lowest BCUT2D eigenvalue weighted by molar-refractivity contribution is -0.136. The molecule has 0 saturated carbocycles. The van der Waals surface area contributed by atoms with E-state index < -0.39 is 56.5 Å². The maximum Gasteiger partial charge on any atom is 0.307 e. The summed E-state index contributed by atoms with van der Waals surface area (Å²) in [6.07, 6.45) is -1.83. The summed E-state index contributed by atoms with van der Waals surface area (Å²) in [5.41, 5.74) is 0.374. The quantitative estimate of drug-likeness (QED) is 0.897. The van der Waals surface area contributed by atoms with Gasteiger partial charge in [0.2, 0.25) is 0 Å². The molecule has 1 aliphatic heterocycles. The number of ether oxygens (including phenoxy) is 1. The van der Waals surface area contributed by atoms with Gasteiger partial charge < -0.3 is 14.7 Å². The van der Waals surface area contributed by atoms with Gasteiger partial charge in [-0.3, -0.25) is 4.79 Å². The van der Waals surface area contributed by atoms with Crippen LogP contribution in [-0.4, -0.2) is 36.5 Å². The molecule has 1 heterocycles. The lowest BCUT2D eigenvalue weighted by atomic mass is 9.92. The smallest absolute Gasteiger partial charge is 0.307 e. The number of nitrogens with zero attached hydrogens (tertiary/aromatic N) is 1. The Morgan fingerprint density at radius 3 is 3.04 bits per heavy atom. The van der Waals surface area contributed by atoms with Crippen LogP contribution in [0.2, 0.25) is 0 Å². The van der Waals surface area contributed by atoms with Gasteiger partial charge in [0.25, 0.3) is 0 Å². The topological polar surface area (TPSA) is 49.8 Å². The number of carboxylic acids is 1. The first-order chi connectivity index (χ1) is 16.5. The molecular weight excluding hydrogens is 314 g/mol. The normalized spacial score (nSPS) is 22.6. The molecule has 4 heteroatoms. The highest BCUT2D eigenvalue weighted by atomic mass is 16.5. The van der Waals surface area contributed by atoms with Crippen molar-refractivity contribution in [3.63, 3.8) is 0 Å². The Morgan fingerprint density at radius 2 is 2.24 bits per heavy atom. The summed E-state index contributed by atoms with van der Waals surface area (Å²) in [5.74, 6) is -2.16. The third-order valence-electron chi connectivity index (χ3n) is 3.66. The number of fused-ring (bicyclic) bond motifs is 2. The molecule has 2 aromatic rings. The van der Waals surface area contributed by atoms with Crippen LogP contribution < -0.4 is 4.74 Å². The summed E-state index contributed by atoms with van der Waals surface area (Å²) in [6, 6.07) is 4.70. The molecule has 130 valence electrons.